The van der Waals surface area contributed by atoms with Crippen LogP contribution in [0.15, 0.2) is 24.5 Å². The summed E-state index contributed by atoms with van der Waals surface area (Å²) in [5.74, 6) is 0.120. The molecule has 2 aliphatic heterocycles. The molecular weight excluding hydrogens is 320 g/mol. The van der Waals surface area contributed by atoms with Crippen LogP contribution in [0.5, 0.6) is 0 Å². The minimum absolute atomic E-state index is 0.0127. The fourth-order valence-electron chi connectivity index (χ4n) is 3.90. The van der Waals surface area contributed by atoms with E-state index < -0.39 is 0 Å². The maximum absolute atomic E-state index is 12.8. The first kappa shape index (κ1) is 17.8. The van der Waals surface area contributed by atoms with E-state index in [-0.39, 0.29) is 24.0 Å². The standard InChI is InChI=1S/C18H26N4O3/c1-20-10-11-22(17(25)15-3-7-19-8-4-15)14-18(20)5-2-16(24)21(9-6-18)12-13-23/h3-4,7-8,23H,2,5-6,9-14H2,1H3. The Morgan fingerprint density at radius 1 is 1.24 bits per heavy atom. The molecule has 3 rings (SSSR count). The lowest BCUT2D eigenvalue weighted by atomic mass is 9.86. The van der Waals surface area contributed by atoms with Gasteiger partial charge in [-0.25, -0.2) is 0 Å². The van der Waals surface area contributed by atoms with Crippen molar-refractivity contribution >= 4 is 11.8 Å². The molecule has 25 heavy (non-hydrogen) atoms. The van der Waals surface area contributed by atoms with Gasteiger partial charge in [0, 0.05) is 62.6 Å². The molecule has 1 aromatic rings. The molecule has 7 heteroatoms. The fourth-order valence-corrected chi connectivity index (χ4v) is 3.90. The molecule has 0 bridgehead atoms. The lowest BCUT2D eigenvalue weighted by molar-refractivity contribution is -0.131. The number of likely N-dealkylation sites (tertiary alicyclic amines) is 1. The van der Waals surface area contributed by atoms with Gasteiger partial charge in [-0.1, -0.05) is 0 Å². The third kappa shape index (κ3) is 3.67. The minimum Gasteiger partial charge on any atom is -0.395 e. The number of aliphatic hydroxyl groups is 1. The number of hydrogen-bond acceptors (Lipinski definition) is 5. The van der Waals surface area contributed by atoms with Crippen LogP contribution in [0.1, 0.15) is 29.6 Å². The summed E-state index contributed by atoms with van der Waals surface area (Å²) in [5, 5.41) is 9.16. The minimum atomic E-state index is -0.180. The van der Waals surface area contributed by atoms with E-state index in [0.29, 0.717) is 38.2 Å². The summed E-state index contributed by atoms with van der Waals surface area (Å²) in [6.45, 7) is 3.12. The highest BCUT2D eigenvalue weighted by molar-refractivity contribution is 5.94. The van der Waals surface area contributed by atoms with Gasteiger partial charge in [-0.05, 0) is 32.0 Å². The summed E-state index contributed by atoms with van der Waals surface area (Å²) >= 11 is 0. The SMILES string of the molecule is CN1CCN(C(=O)c2ccncc2)CC12CCC(=O)N(CCO)CC2. The first-order valence-corrected chi connectivity index (χ1v) is 8.85. The van der Waals surface area contributed by atoms with Crippen molar-refractivity contribution < 1.29 is 14.7 Å². The number of carbonyl (C=O) groups excluding carboxylic acids is 2. The average Bonchev–Trinajstić information content (AvgIpc) is 2.79. The summed E-state index contributed by atoms with van der Waals surface area (Å²) in [5.41, 5.74) is 0.474. The molecule has 0 aromatic carbocycles. The second kappa shape index (κ2) is 7.49. The molecule has 2 aliphatic rings. The van der Waals surface area contributed by atoms with Crippen molar-refractivity contribution in [1.82, 2.24) is 19.7 Å². The van der Waals surface area contributed by atoms with Crippen LogP contribution in [0.25, 0.3) is 0 Å². The number of pyridine rings is 1. The van der Waals surface area contributed by atoms with Crippen molar-refractivity contribution in [3.8, 4) is 0 Å². The largest absolute Gasteiger partial charge is 0.395 e. The molecule has 1 unspecified atom stereocenters. The van der Waals surface area contributed by atoms with Gasteiger partial charge < -0.3 is 14.9 Å². The Kier molecular flexibility index (Phi) is 5.34. The molecule has 1 atom stereocenters. The number of piperazine rings is 1. The molecule has 7 nitrogen and oxygen atoms in total. The number of aliphatic hydroxyl groups excluding tert-OH is 1. The van der Waals surface area contributed by atoms with Crippen molar-refractivity contribution in [2.24, 2.45) is 0 Å². The van der Waals surface area contributed by atoms with Gasteiger partial charge in [0.15, 0.2) is 0 Å². The quantitative estimate of drug-likeness (QED) is 0.847. The highest BCUT2D eigenvalue weighted by atomic mass is 16.3. The molecule has 1 N–H and O–H groups in total. The zero-order valence-corrected chi connectivity index (χ0v) is 14.7. The molecule has 0 saturated carbocycles. The normalized spacial score (nSPS) is 25.3. The van der Waals surface area contributed by atoms with Crippen molar-refractivity contribution in [1.29, 1.82) is 0 Å². The highest BCUT2D eigenvalue weighted by Crippen LogP contribution is 2.32. The first-order chi connectivity index (χ1) is 12.1. The van der Waals surface area contributed by atoms with Crippen LogP contribution >= 0.6 is 0 Å². The van der Waals surface area contributed by atoms with Gasteiger partial charge >= 0.3 is 0 Å². The number of β-amino-alcohol motifs (C(OH)–C–C–N with tert-alkyl or cyclic N) is 1. The van der Waals surface area contributed by atoms with E-state index in [1.807, 2.05) is 4.90 Å². The number of carbonyl (C=O) groups is 2. The van der Waals surface area contributed by atoms with E-state index in [0.717, 1.165) is 19.4 Å². The third-order valence-corrected chi connectivity index (χ3v) is 5.59. The molecule has 2 saturated heterocycles. The fraction of sp³-hybridized carbons (Fsp3) is 0.611. The van der Waals surface area contributed by atoms with Gasteiger partial charge in [0.1, 0.15) is 0 Å². The average molecular weight is 346 g/mol. The zero-order valence-electron chi connectivity index (χ0n) is 14.7. The van der Waals surface area contributed by atoms with Crippen molar-refractivity contribution in [2.45, 2.75) is 24.8 Å². The second-order valence-corrected chi connectivity index (χ2v) is 6.96. The maximum atomic E-state index is 12.8. The molecule has 1 aromatic heterocycles. The molecule has 136 valence electrons. The molecule has 0 radical (unpaired) electrons. The highest BCUT2D eigenvalue weighted by Gasteiger charge is 2.43. The van der Waals surface area contributed by atoms with E-state index in [1.54, 1.807) is 29.4 Å². The van der Waals surface area contributed by atoms with Gasteiger partial charge in [0.25, 0.3) is 5.91 Å². The van der Waals surface area contributed by atoms with Crippen molar-refractivity contribution in [3.63, 3.8) is 0 Å². The smallest absolute Gasteiger partial charge is 0.254 e. The summed E-state index contributed by atoms with van der Waals surface area (Å²) in [7, 11) is 2.08. The van der Waals surface area contributed by atoms with Gasteiger partial charge in [0.05, 0.1) is 6.61 Å². The predicted octanol–water partition coefficient (Wildman–Crippen LogP) is 0.213. The lowest BCUT2D eigenvalue weighted by Crippen LogP contribution is -2.62. The Labute approximate surface area is 148 Å². The molecule has 0 aliphatic carbocycles. The number of likely N-dealkylation sites (N-methyl/N-ethyl adjacent to an activating group) is 1. The number of rotatable bonds is 3. The Morgan fingerprint density at radius 3 is 2.72 bits per heavy atom. The van der Waals surface area contributed by atoms with Crippen LogP contribution in [0.2, 0.25) is 0 Å². The van der Waals surface area contributed by atoms with Crippen molar-refractivity contribution in [3.05, 3.63) is 30.1 Å². The summed E-state index contributed by atoms with van der Waals surface area (Å²) in [6, 6.07) is 3.49. The first-order valence-electron chi connectivity index (χ1n) is 8.85. The van der Waals surface area contributed by atoms with Crippen LogP contribution in [0, 0.1) is 0 Å². The number of amides is 2. The van der Waals surface area contributed by atoms with Crippen LogP contribution in [0.4, 0.5) is 0 Å². The van der Waals surface area contributed by atoms with E-state index >= 15 is 0 Å². The Bertz CT molecular complexity index is 624. The predicted molar refractivity (Wildman–Crippen MR) is 93.0 cm³/mol. The van der Waals surface area contributed by atoms with Gasteiger partial charge in [0.2, 0.25) is 5.91 Å². The van der Waals surface area contributed by atoms with E-state index in [1.165, 1.54) is 0 Å². The lowest BCUT2D eigenvalue weighted by Gasteiger charge is -2.49. The van der Waals surface area contributed by atoms with Crippen LogP contribution in [-0.2, 0) is 4.79 Å². The molecule has 1 spiro atoms. The molecule has 2 fully saturated rings. The Morgan fingerprint density at radius 2 is 2.00 bits per heavy atom. The zero-order chi connectivity index (χ0) is 17.9. The van der Waals surface area contributed by atoms with Crippen LogP contribution in [0.3, 0.4) is 0 Å². The van der Waals surface area contributed by atoms with Gasteiger partial charge in [-0.2, -0.15) is 0 Å². The third-order valence-electron chi connectivity index (χ3n) is 5.59. The Hall–Kier alpha value is -1.99. The van der Waals surface area contributed by atoms with Crippen LogP contribution < -0.4 is 0 Å². The van der Waals surface area contributed by atoms with E-state index in [4.69, 9.17) is 5.11 Å². The number of hydrogen-bond donors (Lipinski definition) is 1. The van der Waals surface area contributed by atoms with Crippen LogP contribution in [-0.4, -0.2) is 88.5 Å². The molecule has 3 heterocycles. The number of aromatic nitrogens is 1. The topological polar surface area (TPSA) is 77.0 Å². The van der Waals surface area contributed by atoms with Gasteiger partial charge in [-0.3, -0.25) is 19.5 Å². The van der Waals surface area contributed by atoms with E-state index in [2.05, 4.69) is 16.9 Å². The summed E-state index contributed by atoms with van der Waals surface area (Å²) < 4.78 is 0. The molecular formula is C18H26N4O3. The summed E-state index contributed by atoms with van der Waals surface area (Å²) in [4.78, 5) is 35.0. The van der Waals surface area contributed by atoms with E-state index in [9.17, 15) is 9.59 Å². The summed E-state index contributed by atoms with van der Waals surface area (Å²) in [6.07, 6.45) is 5.29. The number of nitrogens with zero attached hydrogens (tertiary/aromatic N) is 4. The van der Waals surface area contributed by atoms with Gasteiger partial charge in [-0.15, -0.1) is 0 Å². The Balaban J connectivity index is 1.76. The van der Waals surface area contributed by atoms with Crippen molar-refractivity contribution in [2.75, 3.05) is 46.4 Å². The maximum Gasteiger partial charge on any atom is 0.254 e. The monoisotopic (exact) mass is 346 g/mol. The second-order valence-electron chi connectivity index (χ2n) is 6.96. The molecule has 2 amide bonds.